The van der Waals surface area contributed by atoms with Crippen molar-refractivity contribution < 1.29 is 22.7 Å². The van der Waals surface area contributed by atoms with Gasteiger partial charge in [-0.3, -0.25) is 9.59 Å². The summed E-state index contributed by atoms with van der Waals surface area (Å²) in [6.07, 6.45) is 1.79. The number of nitrogens with zero attached hydrogens (tertiary/aromatic N) is 3. The lowest BCUT2D eigenvalue weighted by atomic mass is 9.96. The van der Waals surface area contributed by atoms with E-state index in [1.165, 1.54) is 4.31 Å². The van der Waals surface area contributed by atoms with Crippen LogP contribution in [0.1, 0.15) is 19.3 Å². The van der Waals surface area contributed by atoms with Gasteiger partial charge in [0.2, 0.25) is 21.8 Å². The molecule has 0 radical (unpaired) electrons. The predicted molar refractivity (Wildman–Crippen MR) is 128 cm³/mol. The maximum Gasteiger partial charge on any atom is 0.243 e. The van der Waals surface area contributed by atoms with Crippen LogP contribution in [-0.4, -0.2) is 80.2 Å². The number of benzene rings is 2. The lowest BCUT2D eigenvalue weighted by molar-refractivity contribution is -0.142. The third-order valence-electron chi connectivity index (χ3n) is 6.38. The third-order valence-corrected chi connectivity index (χ3v) is 8.30. The summed E-state index contributed by atoms with van der Waals surface area (Å²) in [6, 6.07) is 17.7. The number of sulfonamides is 1. The van der Waals surface area contributed by atoms with Crippen molar-refractivity contribution in [2.75, 3.05) is 45.9 Å². The Kier molecular flexibility index (Phi) is 7.84. The highest BCUT2D eigenvalue weighted by Gasteiger charge is 2.35. The third kappa shape index (κ3) is 5.77. The van der Waals surface area contributed by atoms with E-state index in [9.17, 15) is 18.0 Å². The minimum atomic E-state index is -3.55. The summed E-state index contributed by atoms with van der Waals surface area (Å²) in [5.41, 5.74) is 0. The van der Waals surface area contributed by atoms with Crippen LogP contribution in [-0.2, 0) is 19.6 Å². The minimum Gasteiger partial charge on any atom is -0.493 e. The molecule has 0 aromatic heterocycles. The summed E-state index contributed by atoms with van der Waals surface area (Å²) in [7, 11) is -3.55. The number of rotatable bonds is 7. The Morgan fingerprint density at radius 3 is 2.18 bits per heavy atom. The second kappa shape index (κ2) is 11.0. The van der Waals surface area contributed by atoms with Crippen LogP contribution >= 0.6 is 0 Å². The average Bonchev–Trinajstić information content (AvgIpc) is 2.89. The van der Waals surface area contributed by atoms with E-state index in [0.717, 1.165) is 18.6 Å². The van der Waals surface area contributed by atoms with E-state index in [2.05, 4.69) is 0 Å². The van der Waals surface area contributed by atoms with Gasteiger partial charge in [0.25, 0.3) is 0 Å². The highest BCUT2D eigenvalue weighted by Crippen LogP contribution is 2.22. The molecule has 1 atom stereocenters. The van der Waals surface area contributed by atoms with Crippen LogP contribution in [0.25, 0.3) is 0 Å². The van der Waals surface area contributed by atoms with Gasteiger partial charge in [-0.05, 0) is 37.1 Å². The fourth-order valence-electron chi connectivity index (χ4n) is 4.48. The van der Waals surface area contributed by atoms with Gasteiger partial charge >= 0.3 is 0 Å². The van der Waals surface area contributed by atoms with Gasteiger partial charge in [-0.2, -0.15) is 4.31 Å². The molecule has 182 valence electrons. The largest absolute Gasteiger partial charge is 0.493 e. The Labute approximate surface area is 201 Å². The molecule has 0 aliphatic carbocycles. The summed E-state index contributed by atoms with van der Waals surface area (Å²) in [4.78, 5) is 29.6. The zero-order valence-electron chi connectivity index (χ0n) is 19.2. The lowest BCUT2D eigenvalue weighted by Crippen LogP contribution is -2.54. The van der Waals surface area contributed by atoms with E-state index < -0.39 is 10.0 Å². The van der Waals surface area contributed by atoms with E-state index >= 15 is 0 Å². The van der Waals surface area contributed by atoms with Crippen LogP contribution in [0.4, 0.5) is 0 Å². The van der Waals surface area contributed by atoms with Crippen molar-refractivity contribution in [3.63, 3.8) is 0 Å². The first-order valence-electron chi connectivity index (χ1n) is 11.7. The molecule has 2 aliphatic rings. The molecule has 2 aromatic rings. The number of carbonyl (C=O) groups is 2. The Balaban J connectivity index is 1.26. The van der Waals surface area contributed by atoms with E-state index in [4.69, 9.17) is 4.74 Å². The fourth-order valence-corrected chi connectivity index (χ4v) is 5.93. The van der Waals surface area contributed by atoms with Gasteiger partial charge in [0.15, 0.2) is 0 Å². The first-order valence-corrected chi connectivity index (χ1v) is 13.2. The first-order chi connectivity index (χ1) is 16.4. The quantitative estimate of drug-likeness (QED) is 0.600. The SMILES string of the molecule is O=C(CCOc1ccccc1)N1CCCC(C(=O)N2CCN(S(=O)(=O)c3ccccc3)CC2)C1. The number of carbonyl (C=O) groups excluding carboxylic acids is 2. The summed E-state index contributed by atoms with van der Waals surface area (Å²) < 4.78 is 32.7. The molecule has 2 saturated heterocycles. The Hall–Kier alpha value is -2.91. The van der Waals surface area contributed by atoms with Crippen molar-refractivity contribution in [2.45, 2.75) is 24.2 Å². The zero-order chi connectivity index (χ0) is 24.0. The monoisotopic (exact) mass is 485 g/mol. The molecule has 4 rings (SSSR count). The van der Waals surface area contributed by atoms with Crippen LogP contribution in [0.2, 0.25) is 0 Å². The molecule has 2 heterocycles. The number of piperidine rings is 1. The predicted octanol–water partition coefficient (Wildman–Crippen LogP) is 2.23. The number of likely N-dealkylation sites (tertiary alicyclic amines) is 1. The van der Waals surface area contributed by atoms with Crippen molar-refractivity contribution in [1.82, 2.24) is 14.1 Å². The summed E-state index contributed by atoms with van der Waals surface area (Å²) in [6.45, 7) is 2.63. The van der Waals surface area contributed by atoms with Crippen LogP contribution in [0.5, 0.6) is 5.75 Å². The zero-order valence-corrected chi connectivity index (χ0v) is 20.0. The normalized spacial score (nSPS) is 19.6. The molecule has 8 nitrogen and oxygen atoms in total. The fraction of sp³-hybridized carbons (Fsp3) is 0.440. The maximum atomic E-state index is 13.1. The Bertz CT molecular complexity index is 1070. The number of hydrogen-bond donors (Lipinski definition) is 0. The van der Waals surface area contributed by atoms with Crippen LogP contribution in [0, 0.1) is 5.92 Å². The molecule has 34 heavy (non-hydrogen) atoms. The second-order valence-electron chi connectivity index (χ2n) is 8.63. The highest BCUT2D eigenvalue weighted by molar-refractivity contribution is 7.89. The lowest BCUT2D eigenvalue weighted by Gasteiger charge is -2.38. The molecule has 0 N–H and O–H groups in total. The molecule has 2 amide bonds. The standard InChI is InChI=1S/C25H31N3O5S/c29-24(13-19-33-22-9-3-1-4-10-22)27-14-7-8-21(20-27)25(30)26-15-17-28(18-16-26)34(31,32)23-11-5-2-6-12-23/h1-6,9-12,21H,7-8,13-20H2. The van der Waals surface area contributed by atoms with Gasteiger partial charge in [-0.1, -0.05) is 36.4 Å². The summed E-state index contributed by atoms with van der Waals surface area (Å²) in [5, 5.41) is 0. The van der Waals surface area contributed by atoms with Crippen molar-refractivity contribution >= 4 is 21.8 Å². The van der Waals surface area contributed by atoms with Crippen LogP contribution < -0.4 is 4.74 Å². The number of ether oxygens (including phenoxy) is 1. The van der Waals surface area contributed by atoms with Gasteiger partial charge in [0.1, 0.15) is 5.75 Å². The van der Waals surface area contributed by atoms with Crippen molar-refractivity contribution in [3.05, 3.63) is 60.7 Å². The number of para-hydroxylation sites is 1. The summed E-state index contributed by atoms with van der Waals surface area (Å²) >= 11 is 0. The van der Waals surface area contributed by atoms with Gasteiger partial charge in [-0.15, -0.1) is 0 Å². The molecular formula is C25H31N3O5S. The van der Waals surface area contributed by atoms with Gasteiger partial charge in [-0.25, -0.2) is 8.42 Å². The molecule has 0 saturated carbocycles. The number of amides is 2. The highest BCUT2D eigenvalue weighted by atomic mass is 32.2. The van der Waals surface area contributed by atoms with E-state index in [1.54, 1.807) is 40.1 Å². The average molecular weight is 486 g/mol. The molecule has 1 unspecified atom stereocenters. The van der Waals surface area contributed by atoms with Crippen LogP contribution in [0.3, 0.4) is 0 Å². The van der Waals surface area contributed by atoms with Crippen molar-refractivity contribution in [2.24, 2.45) is 5.92 Å². The van der Waals surface area contributed by atoms with Crippen LogP contribution in [0.15, 0.2) is 65.6 Å². The Morgan fingerprint density at radius 1 is 0.853 bits per heavy atom. The minimum absolute atomic E-state index is 0.00722. The Morgan fingerprint density at radius 2 is 1.50 bits per heavy atom. The van der Waals surface area contributed by atoms with Crippen molar-refractivity contribution in [1.29, 1.82) is 0 Å². The molecule has 2 aromatic carbocycles. The van der Waals surface area contributed by atoms with Gasteiger partial charge in [0.05, 0.1) is 23.8 Å². The van der Waals surface area contributed by atoms with E-state index in [0.29, 0.717) is 32.8 Å². The number of piperazine rings is 1. The molecular weight excluding hydrogens is 454 g/mol. The van der Waals surface area contributed by atoms with Gasteiger partial charge < -0.3 is 14.5 Å². The molecule has 9 heteroatoms. The smallest absolute Gasteiger partial charge is 0.243 e. The van der Waals surface area contributed by atoms with Gasteiger partial charge in [0, 0.05) is 39.3 Å². The number of hydrogen-bond acceptors (Lipinski definition) is 5. The topological polar surface area (TPSA) is 87.2 Å². The molecule has 2 aliphatic heterocycles. The molecule has 0 spiro atoms. The van der Waals surface area contributed by atoms with E-state index in [-0.39, 0.29) is 42.1 Å². The molecule has 0 bridgehead atoms. The van der Waals surface area contributed by atoms with Crippen molar-refractivity contribution in [3.8, 4) is 5.75 Å². The second-order valence-corrected chi connectivity index (χ2v) is 10.6. The van der Waals surface area contributed by atoms with E-state index in [1.807, 2.05) is 30.3 Å². The first kappa shape index (κ1) is 24.2. The molecule has 2 fully saturated rings. The summed E-state index contributed by atoms with van der Waals surface area (Å²) in [5.74, 6) is 0.488. The maximum absolute atomic E-state index is 13.1.